The lowest BCUT2D eigenvalue weighted by atomic mass is 10.1. The zero-order valence-electron chi connectivity index (χ0n) is 25.7. The van der Waals surface area contributed by atoms with E-state index in [-0.39, 0.29) is 19.0 Å². The summed E-state index contributed by atoms with van der Waals surface area (Å²) in [5.74, 6) is -0.817. The van der Waals surface area contributed by atoms with Crippen molar-refractivity contribution >= 4 is 19.8 Å². The third kappa shape index (κ3) is 27.0. The molecule has 0 aromatic rings. The van der Waals surface area contributed by atoms with Crippen LogP contribution in [0.5, 0.6) is 0 Å². The zero-order valence-corrected chi connectivity index (χ0v) is 26.6. The van der Waals surface area contributed by atoms with Gasteiger partial charge in [-0.3, -0.25) is 18.6 Å². The smallest absolute Gasteiger partial charge is 0.462 e. The maximum Gasteiger partial charge on any atom is 0.472 e. The summed E-state index contributed by atoms with van der Waals surface area (Å²) < 4.78 is 31.6. The quantitative estimate of drug-likeness (QED) is 0.0398. The number of phosphoric acid groups is 1. The van der Waals surface area contributed by atoms with E-state index in [0.29, 0.717) is 12.8 Å². The van der Waals surface area contributed by atoms with Crippen molar-refractivity contribution in [3.05, 3.63) is 12.2 Å². The second-order valence-electron chi connectivity index (χ2n) is 10.6. The molecule has 2 unspecified atom stereocenters. The molecule has 9 heteroatoms. The third-order valence-electron chi connectivity index (χ3n) is 6.76. The Hall–Kier alpha value is -1.21. The van der Waals surface area contributed by atoms with Crippen molar-refractivity contribution in [3.63, 3.8) is 0 Å². The minimum absolute atomic E-state index is 0.225. The van der Waals surface area contributed by atoms with Gasteiger partial charge in [0.15, 0.2) is 6.10 Å². The molecule has 0 heterocycles. The SMILES string of the molecule is CCCCC/C=C\CCCCCCCC(=O)OC(COC(=O)CCCCCCCCCCC)COP(=O)(O)OC. The minimum Gasteiger partial charge on any atom is -0.462 e. The molecule has 0 spiro atoms. The maximum absolute atomic E-state index is 12.3. The first-order chi connectivity index (χ1) is 19.3. The molecule has 0 bridgehead atoms. The molecule has 0 aliphatic carbocycles. The molecule has 0 saturated carbocycles. The van der Waals surface area contributed by atoms with Gasteiger partial charge in [0.25, 0.3) is 0 Å². The number of phosphoric ester groups is 1. The fraction of sp³-hybridized carbons (Fsp3) is 0.871. The molecule has 0 aromatic heterocycles. The van der Waals surface area contributed by atoms with Crippen LogP contribution < -0.4 is 0 Å². The number of esters is 2. The van der Waals surface area contributed by atoms with Crippen LogP contribution in [0.1, 0.15) is 149 Å². The van der Waals surface area contributed by atoms with E-state index in [0.717, 1.165) is 58.5 Å². The molecular formula is C31H59O8P. The summed E-state index contributed by atoms with van der Waals surface area (Å²) in [4.78, 5) is 34.0. The number of carbonyl (C=O) groups is 2. The van der Waals surface area contributed by atoms with Gasteiger partial charge in [-0.2, -0.15) is 0 Å². The third-order valence-corrected chi connectivity index (χ3v) is 7.70. The van der Waals surface area contributed by atoms with Gasteiger partial charge in [0.1, 0.15) is 6.61 Å². The van der Waals surface area contributed by atoms with Crippen LogP contribution in [-0.4, -0.2) is 43.3 Å². The van der Waals surface area contributed by atoms with Crippen LogP contribution in [0.15, 0.2) is 12.2 Å². The van der Waals surface area contributed by atoms with E-state index in [2.05, 4.69) is 30.5 Å². The second-order valence-corrected chi connectivity index (χ2v) is 12.2. The predicted octanol–water partition coefficient (Wildman–Crippen LogP) is 8.99. The van der Waals surface area contributed by atoms with Crippen LogP contribution in [0.25, 0.3) is 0 Å². The van der Waals surface area contributed by atoms with Gasteiger partial charge in [-0.25, -0.2) is 4.57 Å². The minimum atomic E-state index is -4.24. The number of unbranched alkanes of at least 4 members (excludes halogenated alkanes) is 16. The van der Waals surface area contributed by atoms with Crippen molar-refractivity contribution in [2.45, 2.75) is 155 Å². The lowest BCUT2D eigenvalue weighted by Crippen LogP contribution is -2.29. The van der Waals surface area contributed by atoms with Crippen LogP contribution in [0, 0.1) is 0 Å². The highest BCUT2D eigenvalue weighted by molar-refractivity contribution is 7.47. The zero-order chi connectivity index (χ0) is 29.7. The number of rotatable bonds is 29. The highest BCUT2D eigenvalue weighted by Crippen LogP contribution is 2.42. The summed E-state index contributed by atoms with van der Waals surface area (Å²) in [6, 6.07) is 0. The van der Waals surface area contributed by atoms with Gasteiger partial charge >= 0.3 is 19.8 Å². The Morgan fingerprint density at radius 2 is 1.12 bits per heavy atom. The topological polar surface area (TPSA) is 108 Å². The Bertz CT molecular complexity index is 682. The highest BCUT2D eigenvalue weighted by Gasteiger charge is 2.24. The van der Waals surface area contributed by atoms with E-state index < -0.39 is 26.5 Å². The summed E-state index contributed by atoms with van der Waals surface area (Å²) >= 11 is 0. The Kier molecular flexibility index (Phi) is 27.1. The molecule has 0 radical (unpaired) electrons. The highest BCUT2D eigenvalue weighted by atomic mass is 31.2. The second kappa shape index (κ2) is 27.9. The van der Waals surface area contributed by atoms with Crippen LogP contribution in [0.2, 0.25) is 0 Å². The van der Waals surface area contributed by atoms with E-state index >= 15 is 0 Å². The van der Waals surface area contributed by atoms with E-state index in [1.165, 1.54) is 64.2 Å². The predicted molar refractivity (Wildman–Crippen MR) is 161 cm³/mol. The number of hydrogen-bond acceptors (Lipinski definition) is 7. The van der Waals surface area contributed by atoms with Crippen molar-refractivity contribution < 1.29 is 37.6 Å². The van der Waals surface area contributed by atoms with E-state index in [4.69, 9.17) is 14.0 Å². The number of ether oxygens (including phenoxy) is 2. The Balaban J connectivity index is 4.16. The molecule has 0 aromatic carbocycles. The van der Waals surface area contributed by atoms with Crippen molar-refractivity contribution in [2.75, 3.05) is 20.3 Å². The molecule has 0 fully saturated rings. The number of carbonyl (C=O) groups excluding carboxylic acids is 2. The average Bonchev–Trinajstić information content (AvgIpc) is 2.94. The largest absolute Gasteiger partial charge is 0.472 e. The normalized spacial score (nSPS) is 13.8. The van der Waals surface area contributed by atoms with E-state index in [9.17, 15) is 19.0 Å². The number of hydrogen-bond donors (Lipinski definition) is 1. The molecular weight excluding hydrogens is 531 g/mol. The molecule has 0 aliphatic rings. The van der Waals surface area contributed by atoms with Crippen molar-refractivity contribution in [1.29, 1.82) is 0 Å². The standard InChI is InChI=1S/C31H59O8P/c1-4-6-8-10-12-14-15-16-18-20-22-24-26-31(33)39-29(28-38-40(34,35)36-3)27-37-30(32)25-23-21-19-17-13-11-9-7-5-2/h12,14,29H,4-11,13,15-28H2,1-3H3,(H,34,35)/b14-12-. The van der Waals surface area contributed by atoms with Gasteiger partial charge in [-0.1, -0.05) is 109 Å². The number of allylic oxidation sites excluding steroid dienone is 2. The van der Waals surface area contributed by atoms with Gasteiger partial charge in [-0.15, -0.1) is 0 Å². The van der Waals surface area contributed by atoms with Crippen molar-refractivity contribution in [1.82, 2.24) is 0 Å². The first-order valence-electron chi connectivity index (χ1n) is 15.9. The fourth-order valence-electron chi connectivity index (χ4n) is 4.24. The molecule has 2 atom stereocenters. The van der Waals surface area contributed by atoms with E-state index in [1.54, 1.807) is 0 Å². The first-order valence-corrected chi connectivity index (χ1v) is 17.4. The molecule has 40 heavy (non-hydrogen) atoms. The summed E-state index contributed by atoms with van der Waals surface area (Å²) in [5.41, 5.74) is 0. The Morgan fingerprint density at radius 1 is 0.675 bits per heavy atom. The Labute approximate surface area is 244 Å². The van der Waals surface area contributed by atoms with Crippen molar-refractivity contribution in [3.8, 4) is 0 Å². The van der Waals surface area contributed by atoms with Crippen molar-refractivity contribution in [2.24, 2.45) is 0 Å². The molecule has 8 nitrogen and oxygen atoms in total. The molecule has 0 rings (SSSR count). The summed E-state index contributed by atoms with van der Waals surface area (Å²) in [6.07, 6.45) is 25.5. The summed E-state index contributed by atoms with van der Waals surface area (Å²) in [5, 5.41) is 0. The Morgan fingerprint density at radius 3 is 1.68 bits per heavy atom. The van der Waals surface area contributed by atoms with Crippen LogP contribution in [0.3, 0.4) is 0 Å². The summed E-state index contributed by atoms with van der Waals surface area (Å²) in [6.45, 7) is 3.80. The van der Waals surface area contributed by atoms with Gasteiger partial charge < -0.3 is 14.4 Å². The molecule has 236 valence electrons. The molecule has 0 amide bonds. The average molecular weight is 591 g/mol. The van der Waals surface area contributed by atoms with Gasteiger partial charge in [0.05, 0.1) is 6.61 Å². The van der Waals surface area contributed by atoms with Crippen LogP contribution in [0.4, 0.5) is 0 Å². The summed E-state index contributed by atoms with van der Waals surface area (Å²) in [7, 11) is -3.19. The van der Waals surface area contributed by atoms with Gasteiger partial charge in [-0.05, 0) is 38.5 Å². The first kappa shape index (κ1) is 38.8. The molecule has 1 N–H and O–H groups in total. The van der Waals surface area contributed by atoms with Crippen LogP contribution in [-0.2, 0) is 32.7 Å². The van der Waals surface area contributed by atoms with Gasteiger partial charge in [0, 0.05) is 20.0 Å². The lowest BCUT2D eigenvalue weighted by Gasteiger charge is -2.19. The van der Waals surface area contributed by atoms with E-state index in [1.807, 2.05) is 0 Å². The molecule has 0 aliphatic heterocycles. The monoisotopic (exact) mass is 590 g/mol. The van der Waals surface area contributed by atoms with Gasteiger partial charge in [0.2, 0.25) is 0 Å². The van der Waals surface area contributed by atoms with Crippen LogP contribution >= 0.6 is 7.82 Å². The maximum atomic E-state index is 12.3. The molecule has 0 saturated heterocycles. The fourth-order valence-corrected chi connectivity index (χ4v) is 4.70. The lowest BCUT2D eigenvalue weighted by molar-refractivity contribution is -0.161.